The fourth-order valence-corrected chi connectivity index (χ4v) is 4.42. The van der Waals surface area contributed by atoms with Gasteiger partial charge < -0.3 is 14.8 Å². The van der Waals surface area contributed by atoms with Crippen LogP contribution in [0.15, 0.2) is 67.5 Å². The maximum absolute atomic E-state index is 4.92. The molecule has 1 N–H and O–H groups in total. The monoisotopic (exact) mass is 436 g/mol. The minimum atomic E-state index is 0.260. The van der Waals surface area contributed by atoms with Gasteiger partial charge in [0.1, 0.15) is 17.8 Å². The summed E-state index contributed by atoms with van der Waals surface area (Å²) in [5, 5.41) is 11.6. The van der Waals surface area contributed by atoms with Crippen LogP contribution < -0.4 is 10.2 Å². The molecule has 1 aliphatic rings. The molecule has 5 rings (SSSR count). The Kier molecular flexibility index (Phi) is 5.21. The van der Waals surface area contributed by atoms with Gasteiger partial charge in [0, 0.05) is 30.0 Å². The van der Waals surface area contributed by atoms with Crippen LogP contribution in [0, 0.1) is 6.92 Å². The maximum atomic E-state index is 4.92. The maximum Gasteiger partial charge on any atom is 0.182 e. The largest absolute Gasteiger partial charge is 0.388 e. The van der Waals surface area contributed by atoms with E-state index in [0.29, 0.717) is 0 Å². The number of hydrogen-bond acceptors (Lipinski definition) is 5. The van der Waals surface area contributed by atoms with Crippen molar-refractivity contribution >= 4 is 17.2 Å². The van der Waals surface area contributed by atoms with Gasteiger partial charge in [-0.25, -0.2) is 4.98 Å². The SMILES string of the molecule is C=C1c2cc(-c3ccc(NC)c(C)c3)ccc2CN1c1cccc(-c2nncn2C(C)C)n1. The molecule has 0 radical (unpaired) electrons. The van der Waals surface area contributed by atoms with E-state index in [4.69, 9.17) is 4.98 Å². The zero-order valence-corrected chi connectivity index (χ0v) is 19.5. The number of pyridine rings is 1. The van der Waals surface area contributed by atoms with Gasteiger partial charge >= 0.3 is 0 Å². The molecule has 0 bridgehead atoms. The van der Waals surface area contributed by atoms with E-state index in [0.717, 1.165) is 35.3 Å². The van der Waals surface area contributed by atoms with E-state index in [1.165, 1.54) is 27.8 Å². The fourth-order valence-electron chi connectivity index (χ4n) is 4.42. The van der Waals surface area contributed by atoms with Crippen molar-refractivity contribution in [2.45, 2.75) is 33.4 Å². The molecule has 6 nitrogen and oxygen atoms in total. The first-order chi connectivity index (χ1) is 16.0. The first kappa shape index (κ1) is 20.9. The average Bonchev–Trinajstić information content (AvgIpc) is 3.44. The van der Waals surface area contributed by atoms with Gasteiger partial charge in [-0.05, 0) is 73.4 Å². The number of anilines is 2. The van der Waals surface area contributed by atoms with E-state index in [9.17, 15) is 0 Å². The molecule has 2 aromatic carbocycles. The highest BCUT2D eigenvalue weighted by Gasteiger charge is 2.25. The Morgan fingerprint density at radius 3 is 2.58 bits per heavy atom. The van der Waals surface area contributed by atoms with Crippen LogP contribution in [0.5, 0.6) is 0 Å². The predicted octanol–water partition coefficient (Wildman–Crippen LogP) is 5.93. The highest BCUT2D eigenvalue weighted by Crippen LogP contribution is 2.38. The molecule has 0 amide bonds. The van der Waals surface area contributed by atoms with Crippen molar-refractivity contribution in [3.63, 3.8) is 0 Å². The average molecular weight is 437 g/mol. The number of aryl methyl sites for hydroxylation is 1. The number of fused-ring (bicyclic) bond motifs is 1. The molecule has 166 valence electrons. The lowest BCUT2D eigenvalue weighted by atomic mass is 9.98. The molecule has 6 heteroatoms. The molecule has 2 aromatic heterocycles. The molecular formula is C27H28N6. The lowest BCUT2D eigenvalue weighted by molar-refractivity contribution is 0.603. The minimum Gasteiger partial charge on any atom is -0.388 e. The van der Waals surface area contributed by atoms with Crippen molar-refractivity contribution in [3.05, 3.63) is 84.2 Å². The van der Waals surface area contributed by atoms with Gasteiger partial charge in [0.05, 0.1) is 6.54 Å². The third-order valence-electron chi connectivity index (χ3n) is 6.27. The second-order valence-electron chi connectivity index (χ2n) is 8.72. The molecule has 1 aliphatic heterocycles. The van der Waals surface area contributed by atoms with Crippen LogP contribution in [-0.4, -0.2) is 26.8 Å². The van der Waals surface area contributed by atoms with Crippen molar-refractivity contribution in [3.8, 4) is 22.6 Å². The van der Waals surface area contributed by atoms with Crippen LogP contribution in [0.1, 0.15) is 36.6 Å². The van der Waals surface area contributed by atoms with Crippen LogP contribution in [-0.2, 0) is 6.54 Å². The number of aromatic nitrogens is 4. The summed E-state index contributed by atoms with van der Waals surface area (Å²) in [6.45, 7) is 11.5. The Hall–Kier alpha value is -3.93. The summed E-state index contributed by atoms with van der Waals surface area (Å²) in [7, 11) is 1.95. The molecule has 0 fully saturated rings. The molecule has 4 aromatic rings. The molecule has 0 saturated carbocycles. The highest BCUT2D eigenvalue weighted by atomic mass is 15.3. The van der Waals surface area contributed by atoms with Crippen molar-refractivity contribution in [2.24, 2.45) is 0 Å². The summed E-state index contributed by atoms with van der Waals surface area (Å²) < 4.78 is 2.03. The highest BCUT2D eigenvalue weighted by molar-refractivity contribution is 5.85. The van der Waals surface area contributed by atoms with Crippen LogP contribution in [0.2, 0.25) is 0 Å². The normalized spacial score (nSPS) is 13.0. The smallest absolute Gasteiger partial charge is 0.182 e. The fraction of sp³-hybridized carbons (Fsp3) is 0.222. The second-order valence-corrected chi connectivity index (χ2v) is 8.72. The number of rotatable bonds is 5. The molecule has 0 saturated heterocycles. The van der Waals surface area contributed by atoms with Crippen LogP contribution in [0.3, 0.4) is 0 Å². The second kappa shape index (κ2) is 8.20. The minimum absolute atomic E-state index is 0.260. The van der Waals surface area contributed by atoms with Gasteiger partial charge in [-0.3, -0.25) is 0 Å². The number of benzene rings is 2. The number of nitrogens with one attached hydrogen (secondary N) is 1. The molecule has 0 aliphatic carbocycles. The number of hydrogen-bond donors (Lipinski definition) is 1. The Balaban J connectivity index is 1.46. The van der Waals surface area contributed by atoms with E-state index in [2.05, 4.69) is 84.2 Å². The third kappa shape index (κ3) is 3.67. The predicted molar refractivity (Wildman–Crippen MR) is 135 cm³/mol. The van der Waals surface area contributed by atoms with Crippen LogP contribution >= 0.6 is 0 Å². The van der Waals surface area contributed by atoms with Crippen molar-refractivity contribution in [1.29, 1.82) is 0 Å². The van der Waals surface area contributed by atoms with E-state index in [1.807, 2.05) is 29.8 Å². The summed E-state index contributed by atoms with van der Waals surface area (Å²) in [5.41, 5.74) is 8.96. The zero-order valence-electron chi connectivity index (χ0n) is 19.5. The summed E-state index contributed by atoms with van der Waals surface area (Å²) >= 11 is 0. The van der Waals surface area contributed by atoms with Crippen LogP contribution in [0.4, 0.5) is 11.5 Å². The Bertz CT molecular complexity index is 1350. The first-order valence-electron chi connectivity index (χ1n) is 11.2. The van der Waals surface area contributed by atoms with Crippen molar-refractivity contribution in [1.82, 2.24) is 19.7 Å². The zero-order chi connectivity index (χ0) is 23.1. The van der Waals surface area contributed by atoms with Gasteiger partial charge in [-0.2, -0.15) is 0 Å². The Morgan fingerprint density at radius 2 is 1.82 bits per heavy atom. The van der Waals surface area contributed by atoms with Crippen LogP contribution in [0.25, 0.3) is 28.3 Å². The molecule has 0 atom stereocenters. The molecular weight excluding hydrogens is 408 g/mol. The third-order valence-corrected chi connectivity index (χ3v) is 6.27. The van der Waals surface area contributed by atoms with Gasteiger partial charge in [0.25, 0.3) is 0 Å². The van der Waals surface area contributed by atoms with Gasteiger partial charge in [-0.1, -0.05) is 30.8 Å². The summed E-state index contributed by atoms with van der Waals surface area (Å²) in [5.74, 6) is 1.64. The summed E-state index contributed by atoms with van der Waals surface area (Å²) in [4.78, 5) is 7.09. The summed E-state index contributed by atoms with van der Waals surface area (Å²) in [6, 6.07) is 19.4. The van der Waals surface area contributed by atoms with E-state index in [-0.39, 0.29) is 6.04 Å². The standard InChI is InChI=1S/C27H28N6/c1-17(2)33-16-29-31-27(33)25-7-6-8-26(30-25)32-15-22-10-9-21(14-23(22)19(32)4)20-11-12-24(28-5)18(3)13-20/h6-14,16-17,28H,4,15H2,1-3,5H3. The van der Waals surface area contributed by atoms with Gasteiger partial charge in [-0.15, -0.1) is 10.2 Å². The Labute approximate surface area is 194 Å². The first-order valence-corrected chi connectivity index (χ1v) is 11.2. The van der Waals surface area contributed by atoms with E-state index >= 15 is 0 Å². The lowest BCUT2D eigenvalue weighted by Crippen LogP contribution is -2.15. The topological polar surface area (TPSA) is 58.9 Å². The molecule has 3 heterocycles. The van der Waals surface area contributed by atoms with Crippen molar-refractivity contribution < 1.29 is 0 Å². The number of nitrogens with zero attached hydrogens (tertiary/aromatic N) is 5. The van der Waals surface area contributed by atoms with Crippen molar-refractivity contribution in [2.75, 3.05) is 17.3 Å². The molecule has 0 unspecified atom stereocenters. The Morgan fingerprint density at radius 1 is 1.03 bits per heavy atom. The van der Waals surface area contributed by atoms with E-state index < -0.39 is 0 Å². The summed E-state index contributed by atoms with van der Waals surface area (Å²) in [6.07, 6.45) is 1.76. The van der Waals surface area contributed by atoms with E-state index in [1.54, 1.807) is 6.33 Å². The lowest BCUT2D eigenvalue weighted by Gasteiger charge is -2.19. The van der Waals surface area contributed by atoms with Gasteiger partial charge in [0.15, 0.2) is 5.82 Å². The molecule has 0 spiro atoms. The quantitative estimate of drug-likeness (QED) is 0.420. The molecule has 33 heavy (non-hydrogen) atoms. The van der Waals surface area contributed by atoms with Gasteiger partial charge in [0.2, 0.25) is 0 Å².